The van der Waals surface area contributed by atoms with Gasteiger partial charge in [0.05, 0.1) is 0 Å². The van der Waals surface area contributed by atoms with Crippen LogP contribution in [0, 0.1) is 0 Å². The minimum atomic E-state index is -0.0877. The van der Waals surface area contributed by atoms with Gasteiger partial charge in [-0.05, 0) is 18.6 Å². The molecule has 1 aliphatic heterocycles. The zero-order chi connectivity index (χ0) is 10.0. The highest BCUT2D eigenvalue weighted by molar-refractivity contribution is 7.61. The van der Waals surface area contributed by atoms with Crippen LogP contribution in [0.25, 0.3) is 0 Å². The van der Waals surface area contributed by atoms with Crippen molar-refractivity contribution in [2.24, 2.45) is 0 Å². The lowest BCUT2D eigenvalue weighted by atomic mass is 9.95. The Kier molecular flexibility index (Phi) is 2.56. The van der Waals surface area contributed by atoms with E-state index in [4.69, 9.17) is 0 Å². The summed E-state index contributed by atoms with van der Waals surface area (Å²) in [6, 6.07) is 10.7. The number of rotatable bonds is 2. The second kappa shape index (κ2) is 3.71. The number of allylic oxidation sites excluding steroid dienone is 2. The molecule has 0 bridgehead atoms. The largest absolute Gasteiger partial charge is 0.102 e. The van der Waals surface area contributed by atoms with Crippen molar-refractivity contribution < 1.29 is 0 Å². The molecule has 1 aromatic carbocycles. The fourth-order valence-electron chi connectivity index (χ4n) is 2.06. The standard InChI is InChI=1S/C13H15P/c1-3-13(10-7-11-14(13)2)12-8-5-4-6-9-12/h3-9,11H,1,10H2,2H3/t13-,14?/m1/s1. The third-order valence-corrected chi connectivity index (χ3v) is 5.54. The SMILES string of the molecule is C=C[C@]1(c2ccccc2)CC=CP1C. The Morgan fingerprint density at radius 3 is 2.57 bits per heavy atom. The van der Waals surface area contributed by atoms with Crippen LogP contribution in [-0.2, 0) is 5.16 Å². The van der Waals surface area contributed by atoms with Crippen molar-refractivity contribution >= 4 is 7.92 Å². The highest BCUT2D eigenvalue weighted by Gasteiger charge is 2.35. The first kappa shape index (κ1) is 9.68. The van der Waals surface area contributed by atoms with Crippen molar-refractivity contribution in [3.05, 3.63) is 60.4 Å². The predicted octanol–water partition coefficient (Wildman–Crippen LogP) is 4.10. The van der Waals surface area contributed by atoms with Crippen LogP contribution >= 0.6 is 7.92 Å². The molecule has 1 aromatic rings. The van der Waals surface area contributed by atoms with Gasteiger partial charge in [-0.3, -0.25) is 0 Å². The molecule has 2 rings (SSSR count). The van der Waals surface area contributed by atoms with Gasteiger partial charge < -0.3 is 0 Å². The third-order valence-electron chi connectivity index (χ3n) is 3.00. The molecular weight excluding hydrogens is 187 g/mol. The van der Waals surface area contributed by atoms with E-state index in [1.807, 2.05) is 0 Å². The van der Waals surface area contributed by atoms with Crippen LogP contribution in [0.3, 0.4) is 0 Å². The van der Waals surface area contributed by atoms with E-state index in [0.717, 1.165) is 6.42 Å². The quantitative estimate of drug-likeness (QED) is 0.500. The van der Waals surface area contributed by atoms with Crippen LogP contribution < -0.4 is 0 Å². The fraction of sp³-hybridized carbons (Fsp3) is 0.231. The summed E-state index contributed by atoms with van der Waals surface area (Å²) in [7, 11) is -0.0877. The van der Waals surface area contributed by atoms with Crippen LogP contribution in [0.4, 0.5) is 0 Å². The molecule has 0 aromatic heterocycles. The number of hydrogen-bond acceptors (Lipinski definition) is 0. The summed E-state index contributed by atoms with van der Waals surface area (Å²) in [6.07, 6.45) is 5.54. The molecule has 0 fully saturated rings. The van der Waals surface area contributed by atoms with E-state index in [2.05, 4.69) is 61.5 Å². The zero-order valence-electron chi connectivity index (χ0n) is 8.48. The van der Waals surface area contributed by atoms with Crippen molar-refractivity contribution in [1.82, 2.24) is 0 Å². The van der Waals surface area contributed by atoms with Crippen LogP contribution in [0.5, 0.6) is 0 Å². The Labute approximate surface area is 87.1 Å². The summed E-state index contributed by atoms with van der Waals surface area (Å²) in [5.74, 6) is 2.35. The lowest BCUT2D eigenvalue weighted by Gasteiger charge is -2.31. The number of hydrogen-bond donors (Lipinski definition) is 0. The summed E-state index contributed by atoms with van der Waals surface area (Å²) in [5, 5.41) is 0.205. The molecule has 0 radical (unpaired) electrons. The molecule has 0 saturated heterocycles. The van der Waals surface area contributed by atoms with E-state index in [9.17, 15) is 0 Å². The zero-order valence-corrected chi connectivity index (χ0v) is 9.37. The first-order valence-electron chi connectivity index (χ1n) is 4.88. The summed E-state index contributed by atoms with van der Waals surface area (Å²) >= 11 is 0. The Morgan fingerprint density at radius 2 is 2.07 bits per heavy atom. The summed E-state index contributed by atoms with van der Waals surface area (Å²) in [5.41, 5.74) is 1.41. The average Bonchev–Trinajstić information content (AvgIpc) is 2.62. The molecule has 0 nitrogen and oxygen atoms in total. The third kappa shape index (κ3) is 1.35. The van der Waals surface area contributed by atoms with E-state index in [0.29, 0.717) is 0 Å². The van der Waals surface area contributed by atoms with Crippen molar-refractivity contribution in [3.63, 3.8) is 0 Å². The second-order valence-corrected chi connectivity index (χ2v) is 6.01. The van der Waals surface area contributed by atoms with E-state index in [1.54, 1.807) is 0 Å². The van der Waals surface area contributed by atoms with Gasteiger partial charge >= 0.3 is 0 Å². The highest BCUT2D eigenvalue weighted by Crippen LogP contribution is 2.61. The summed E-state index contributed by atoms with van der Waals surface area (Å²) < 4.78 is 0. The molecule has 1 heteroatoms. The molecule has 0 aliphatic carbocycles. The predicted molar refractivity (Wildman–Crippen MR) is 64.9 cm³/mol. The monoisotopic (exact) mass is 202 g/mol. The minimum Gasteiger partial charge on any atom is -0.102 e. The summed E-state index contributed by atoms with van der Waals surface area (Å²) in [4.78, 5) is 0. The Hall–Kier alpha value is -0.870. The van der Waals surface area contributed by atoms with Crippen LogP contribution in [0.2, 0.25) is 0 Å². The van der Waals surface area contributed by atoms with Gasteiger partial charge in [-0.2, -0.15) is 0 Å². The Balaban J connectivity index is 2.44. The molecule has 72 valence electrons. The Morgan fingerprint density at radius 1 is 1.36 bits per heavy atom. The minimum absolute atomic E-state index is 0.0877. The first-order chi connectivity index (χ1) is 6.79. The maximum atomic E-state index is 4.02. The molecule has 1 aliphatic rings. The average molecular weight is 202 g/mol. The van der Waals surface area contributed by atoms with Crippen molar-refractivity contribution in [2.45, 2.75) is 11.6 Å². The maximum absolute atomic E-state index is 4.02. The van der Waals surface area contributed by atoms with Gasteiger partial charge in [0, 0.05) is 5.16 Å². The molecule has 2 atom stereocenters. The lowest BCUT2D eigenvalue weighted by molar-refractivity contribution is 0.791. The first-order valence-corrected chi connectivity index (χ1v) is 6.74. The number of benzene rings is 1. The summed E-state index contributed by atoms with van der Waals surface area (Å²) in [6.45, 7) is 6.34. The van der Waals surface area contributed by atoms with Crippen molar-refractivity contribution in [3.8, 4) is 0 Å². The normalized spacial score (nSPS) is 30.5. The molecule has 0 N–H and O–H groups in total. The van der Waals surface area contributed by atoms with E-state index < -0.39 is 0 Å². The molecular formula is C13H15P. The van der Waals surface area contributed by atoms with E-state index in [1.165, 1.54) is 5.56 Å². The van der Waals surface area contributed by atoms with E-state index >= 15 is 0 Å². The maximum Gasteiger partial charge on any atom is 0.0396 e. The van der Waals surface area contributed by atoms with Gasteiger partial charge in [-0.1, -0.05) is 56.2 Å². The Bertz CT molecular complexity index is 353. The van der Waals surface area contributed by atoms with Gasteiger partial charge in [0.15, 0.2) is 0 Å². The van der Waals surface area contributed by atoms with Gasteiger partial charge in [-0.15, -0.1) is 6.58 Å². The van der Waals surface area contributed by atoms with Crippen LogP contribution in [0.15, 0.2) is 54.9 Å². The molecule has 1 unspecified atom stereocenters. The van der Waals surface area contributed by atoms with Crippen molar-refractivity contribution in [1.29, 1.82) is 0 Å². The smallest absolute Gasteiger partial charge is 0.0396 e. The topological polar surface area (TPSA) is 0 Å². The van der Waals surface area contributed by atoms with Crippen molar-refractivity contribution in [2.75, 3.05) is 6.66 Å². The van der Waals surface area contributed by atoms with Gasteiger partial charge in [0.2, 0.25) is 0 Å². The van der Waals surface area contributed by atoms with Crippen LogP contribution in [-0.4, -0.2) is 6.66 Å². The van der Waals surface area contributed by atoms with Crippen LogP contribution in [0.1, 0.15) is 12.0 Å². The molecule has 14 heavy (non-hydrogen) atoms. The van der Waals surface area contributed by atoms with Gasteiger partial charge in [-0.25, -0.2) is 0 Å². The second-order valence-electron chi connectivity index (χ2n) is 3.69. The molecule has 0 amide bonds. The van der Waals surface area contributed by atoms with E-state index in [-0.39, 0.29) is 13.1 Å². The molecule has 0 saturated carbocycles. The van der Waals surface area contributed by atoms with Gasteiger partial charge in [0.25, 0.3) is 0 Å². The molecule has 0 spiro atoms. The highest BCUT2D eigenvalue weighted by atomic mass is 31.1. The molecule has 1 heterocycles. The fourth-order valence-corrected chi connectivity index (χ4v) is 3.99. The van der Waals surface area contributed by atoms with Gasteiger partial charge in [0.1, 0.15) is 0 Å². The lowest BCUT2D eigenvalue weighted by Crippen LogP contribution is -2.16.